The number of benzene rings is 1. The number of carbonyl (C=O) groups is 2. The van der Waals surface area contributed by atoms with Crippen molar-refractivity contribution in [2.75, 3.05) is 18.0 Å². The molecule has 0 radical (unpaired) electrons. The molecule has 1 unspecified atom stereocenters. The smallest absolute Gasteiger partial charge is 0.335 e. The number of anilines is 1. The molecule has 1 aromatic rings. The number of carbonyl (C=O) groups excluding carboxylic acids is 1. The molecule has 21 heavy (non-hydrogen) atoms. The Kier molecular flexibility index (Phi) is 4.96. The summed E-state index contributed by atoms with van der Waals surface area (Å²) in [6, 6.07) is 5.01. The molecule has 1 aliphatic heterocycles. The average molecular weight is 290 g/mol. The lowest BCUT2D eigenvalue weighted by Gasteiger charge is -2.19. The quantitative estimate of drug-likeness (QED) is 0.839. The zero-order valence-corrected chi connectivity index (χ0v) is 12.3. The predicted molar refractivity (Wildman–Crippen MR) is 81.5 cm³/mol. The van der Waals surface area contributed by atoms with E-state index in [0.29, 0.717) is 25.4 Å². The Balaban J connectivity index is 2.05. The lowest BCUT2D eigenvalue weighted by molar-refractivity contribution is -0.118. The number of amides is 1. The van der Waals surface area contributed by atoms with Crippen molar-refractivity contribution in [3.63, 3.8) is 0 Å². The molecule has 1 aromatic carbocycles. The van der Waals surface area contributed by atoms with Crippen LogP contribution in [0.15, 0.2) is 18.2 Å². The van der Waals surface area contributed by atoms with Gasteiger partial charge in [0.2, 0.25) is 5.91 Å². The first-order valence-corrected chi connectivity index (χ1v) is 7.39. The van der Waals surface area contributed by atoms with Crippen LogP contribution < -0.4 is 10.6 Å². The third-order valence-electron chi connectivity index (χ3n) is 4.04. The third-order valence-corrected chi connectivity index (χ3v) is 4.04. The molecule has 1 heterocycles. The second kappa shape index (κ2) is 6.72. The minimum atomic E-state index is -0.964. The van der Waals surface area contributed by atoms with Crippen molar-refractivity contribution in [2.24, 2.45) is 11.7 Å². The maximum absolute atomic E-state index is 12.3. The van der Waals surface area contributed by atoms with Gasteiger partial charge in [0.15, 0.2) is 0 Å². The van der Waals surface area contributed by atoms with Gasteiger partial charge in [-0.15, -0.1) is 0 Å². The number of carboxylic acids is 1. The van der Waals surface area contributed by atoms with Crippen LogP contribution in [0.3, 0.4) is 0 Å². The minimum absolute atomic E-state index is 0.0696. The van der Waals surface area contributed by atoms with Crippen LogP contribution in [-0.4, -0.2) is 30.1 Å². The molecule has 114 valence electrons. The van der Waals surface area contributed by atoms with Crippen LogP contribution in [0.25, 0.3) is 0 Å². The molecule has 5 heteroatoms. The predicted octanol–water partition coefficient (Wildman–Crippen LogP) is 2.04. The van der Waals surface area contributed by atoms with Crippen molar-refractivity contribution in [3.8, 4) is 0 Å². The molecule has 1 amide bonds. The molecule has 5 nitrogen and oxygen atoms in total. The van der Waals surface area contributed by atoms with Crippen LogP contribution in [-0.2, 0) is 11.2 Å². The molecule has 0 aliphatic carbocycles. The second-order valence-electron chi connectivity index (χ2n) is 5.67. The van der Waals surface area contributed by atoms with Crippen molar-refractivity contribution < 1.29 is 14.7 Å². The van der Waals surface area contributed by atoms with Gasteiger partial charge in [-0.25, -0.2) is 4.79 Å². The van der Waals surface area contributed by atoms with Crippen LogP contribution in [0.2, 0.25) is 0 Å². The highest BCUT2D eigenvalue weighted by Crippen LogP contribution is 2.30. The van der Waals surface area contributed by atoms with Crippen molar-refractivity contribution in [2.45, 2.75) is 32.6 Å². The van der Waals surface area contributed by atoms with Gasteiger partial charge in [-0.05, 0) is 49.4 Å². The maximum Gasteiger partial charge on any atom is 0.335 e. The summed E-state index contributed by atoms with van der Waals surface area (Å²) in [5, 5.41) is 9.06. The number of nitrogens with zero attached hydrogens (tertiary/aromatic N) is 1. The molecular weight excluding hydrogens is 268 g/mol. The molecule has 3 N–H and O–H groups in total. The molecule has 0 spiro atoms. The average Bonchev–Trinajstić information content (AvgIpc) is 2.88. The summed E-state index contributed by atoms with van der Waals surface area (Å²) in [6.45, 7) is 3.38. The summed E-state index contributed by atoms with van der Waals surface area (Å²) in [5.41, 5.74) is 7.54. The topological polar surface area (TPSA) is 83.6 Å². The summed E-state index contributed by atoms with van der Waals surface area (Å²) in [6.07, 6.45) is 3.02. The Morgan fingerprint density at radius 2 is 2.14 bits per heavy atom. The van der Waals surface area contributed by atoms with Gasteiger partial charge in [-0.2, -0.15) is 0 Å². The summed E-state index contributed by atoms with van der Waals surface area (Å²) >= 11 is 0. The van der Waals surface area contributed by atoms with E-state index in [-0.39, 0.29) is 11.5 Å². The SMILES string of the molecule is CC(CCN)CCC(=O)N1CCc2ccc(C(=O)O)cc21. The third kappa shape index (κ3) is 3.61. The Morgan fingerprint density at radius 3 is 2.81 bits per heavy atom. The number of hydrogen-bond donors (Lipinski definition) is 2. The number of hydrogen-bond acceptors (Lipinski definition) is 3. The fourth-order valence-corrected chi connectivity index (χ4v) is 2.70. The van der Waals surface area contributed by atoms with Gasteiger partial charge in [-0.1, -0.05) is 13.0 Å². The van der Waals surface area contributed by atoms with E-state index in [1.807, 2.05) is 6.07 Å². The first-order valence-electron chi connectivity index (χ1n) is 7.39. The highest BCUT2D eigenvalue weighted by Gasteiger charge is 2.25. The highest BCUT2D eigenvalue weighted by molar-refractivity contribution is 5.97. The van der Waals surface area contributed by atoms with Crippen molar-refractivity contribution in [1.82, 2.24) is 0 Å². The fraction of sp³-hybridized carbons (Fsp3) is 0.500. The largest absolute Gasteiger partial charge is 0.478 e. The van der Waals surface area contributed by atoms with E-state index in [1.165, 1.54) is 0 Å². The first-order chi connectivity index (χ1) is 10.0. The van der Waals surface area contributed by atoms with Crippen molar-refractivity contribution >= 4 is 17.6 Å². The summed E-state index contributed by atoms with van der Waals surface area (Å²) in [7, 11) is 0. The lowest BCUT2D eigenvalue weighted by atomic mass is 10.0. The van der Waals surface area contributed by atoms with Gasteiger partial charge >= 0.3 is 5.97 Å². The van der Waals surface area contributed by atoms with Crippen LogP contribution in [0.5, 0.6) is 0 Å². The summed E-state index contributed by atoms with van der Waals surface area (Å²) < 4.78 is 0. The molecular formula is C16H22N2O3. The van der Waals surface area contributed by atoms with Crippen molar-refractivity contribution in [1.29, 1.82) is 0 Å². The normalized spacial score (nSPS) is 14.9. The molecule has 0 fully saturated rings. The number of nitrogens with two attached hydrogens (primary N) is 1. The monoisotopic (exact) mass is 290 g/mol. The van der Waals surface area contributed by atoms with Gasteiger partial charge in [0, 0.05) is 18.7 Å². The molecule has 2 rings (SSSR count). The van der Waals surface area contributed by atoms with Gasteiger partial charge in [-0.3, -0.25) is 4.79 Å². The Hall–Kier alpha value is -1.88. The Bertz CT molecular complexity index is 542. The second-order valence-corrected chi connectivity index (χ2v) is 5.67. The number of fused-ring (bicyclic) bond motifs is 1. The summed E-state index contributed by atoms with van der Waals surface area (Å²) in [5.74, 6) is -0.458. The van der Waals surface area contributed by atoms with Gasteiger partial charge in [0.05, 0.1) is 5.56 Å². The van der Waals surface area contributed by atoms with E-state index in [1.54, 1.807) is 17.0 Å². The fourth-order valence-electron chi connectivity index (χ4n) is 2.70. The first kappa shape index (κ1) is 15.5. The van der Waals surface area contributed by atoms with Crippen LogP contribution in [0.1, 0.15) is 42.1 Å². The molecule has 0 aromatic heterocycles. The van der Waals surface area contributed by atoms with E-state index in [2.05, 4.69) is 6.92 Å². The molecule has 0 bridgehead atoms. The maximum atomic E-state index is 12.3. The van der Waals surface area contributed by atoms with Gasteiger partial charge < -0.3 is 15.7 Å². The zero-order valence-electron chi connectivity index (χ0n) is 12.3. The van der Waals surface area contributed by atoms with Crippen LogP contribution >= 0.6 is 0 Å². The Morgan fingerprint density at radius 1 is 1.38 bits per heavy atom. The number of aromatic carboxylic acids is 1. The zero-order chi connectivity index (χ0) is 15.4. The number of rotatable bonds is 6. The van der Waals surface area contributed by atoms with E-state index < -0.39 is 5.97 Å². The van der Waals surface area contributed by atoms with E-state index in [0.717, 1.165) is 30.5 Å². The van der Waals surface area contributed by atoms with Crippen molar-refractivity contribution in [3.05, 3.63) is 29.3 Å². The van der Waals surface area contributed by atoms with E-state index >= 15 is 0 Å². The van der Waals surface area contributed by atoms with Crippen LogP contribution in [0, 0.1) is 5.92 Å². The number of carboxylic acid groups (broad SMARTS) is 1. The highest BCUT2D eigenvalue weighted by atomic mass is 16.4. The minimum Gasteiger partial charge on any atom is -0.478 e. The van der Waals surface area contributed by atoms with E-state index in [4.69, 9.17) is 10.8 Å². The van der Waals surface area contributed by atoms with Crippen LogP contribution in [0.4, 0.5) is 5.69 Å². The standard InChI is InChI=1S/C16H22N2O3/c1-11(6-8-17)2-5-15(19)18-9-7-12-3-4-13(16(20)21)10-14(12)18/h3-4,10-11H,2,5-9,17H2,1H3,(H,20,21). The van der Waals surface area contributed by atoms with Gasteiger partial charge in [0.25, 0.3) is 0 Å². The Labute approximate surface area is 124 Å². The van der Waals surface area contributed by atoms with Gasteiger partial charge in [0.1, 0.15) is 0 Å². The molecule has 1 aliphatic rings. The molecule has 0 saturated carbocycles. The van der Waals surface area contributed by atoms with E-state index in [9.17, 15) is 9.59 Å². The molecule has 1 atom stereocenters. The lowest BCUT2D eigenvalue weighted by Crippen LogP contribution is -2.29. The summed E-state index contributed by atoms with van der Waals surface area (Å²) in [4.78, 5) is 25.1. The molecule has 0 saturated heterocycles.